The molecule has 0 bridgehead atoms. The van der Waals surface area contributed by atoms with Crippen LogP contribution in [0.2, 0.25) is 5.02 Å². The standard InChI is InChI=1S/C14H11ClN2O2/c15-9-3-1-2-4-12(9)19-13-7-11-8(5-10(13)16)6-14(18)17-11/h1-5,7H,6,16H2,(H,17,18). The lowest BCUT2D eigenvalue weighted by Crippen LogP contribution is -2.03. The fourth-order valence-electron chi connectivity index (χ4n) is 2.01. The van der Waals surface area contributed by atoms with Crippen LogP contribution in [0.3, 0.4) is 0 Å². The van der Waals surface area contributed by atoms with Gasteiger partial charge >= 0.3 is 0 Å². The fraction of sp³-hybridized carbons (Fsp3) is 0.0714. The first-order valence-electron chi connectivity index (χ1n) is 5.78. The molecule has 0 saturated heterocycles. The van der Waals surface area contributed by atoms with Crippen LogP contribution in [0.25, 0.3) is 0 Å². The largest absolute Gasteiger partial charge is 0.454 e. The maximum atomic E-state index is 11.3. The molecule has 0 unspecified atom stereocenters. The number of hydrogen-bond acceptors (Lipinski definition) is 3. The molecule has 0 spiro atoms. The Morgan fingerprint density at radius 1 is 1.21 bits per heavy atom. The number of para-hydroxylation sites is 1. The molecule has 0 aromatic heterocycles. The van der Waals surface area contributed by atoms with Gasteiger partial charge in [-0.05, 0) is 23.8 Å². The summed E-state index contributed by atoms with van der Waals surface area (Å²) in [4.78, 5) is 11.3. The molecule has 2 aromatic rings. The van der Waals surface area contributed by atoms with Crippen LogP contribution >= 0.6 is 11.6 Å². The highest BCUT2D eigenvalue weighted by Gasteiger charge is 2.20. The highest BCUT2D eigenvalue weighted by Crippen LogP contribution is 2.37. The Kier molecular flexibility index (Phi) is 2.80. The molecule has 0 aliphatic carbocycles. The maximum absolute atomic E-state index is 11.3. The van der Waals surface area contributed by atoms with Crippen LogP contribution in [-0.2, 0) is 11.2 Å². The van der Waals surface area contributed by atoms with Crippen molar-refractivity contribution in [1.29, 1.82) is 0 Å². The van der Waals surface area contributed by atoms with E-state index < -0.39 is 0 Å². The summed E-state index contributed by atoms with van der Waals surface area (Å²) in [7, 11) is 0. The van der Waals surface area contributed by atoms with Crippen LogP contribution in [0.1, 0.15) is 5.56 Å². The minimum atomic E-state index is -0.0377. The Hall–Kier alpha value is -2.20. The van der Waals surface area contributed by atoms with E-state index in [0.29, 0.717) is 28.6 Å². The van der Waals surface area contributed by atoms with Gasteiger partial charge in [0.05, 0.1) is 17.1 Å². The van der Waals surface area contributed by atoms with E-state index >= 15 is 0 Å². The smallest absolute Gasteiger partial charge is 0.228 e. The van der Waals surface area contributed by atoms with Crippen molar-refractivity contribution in [1.82, 2.24) is 0 Å². The predicted molar refractivity (Wildman–Crippen MR) is 74.7 cm³/mol. The maximum Gasteiger partial charge on any atom is 0.228 e. The van der Waals surface area contributed by atoms with Crippen molar-refractivity contribution in [3.63, 3.8) is 0 Å². The quantitative estimate of drug-likeness (QED) is 0.827. The molecule has 1 aliphatic rings. The van der Waals surface area contributed by atoms with E-state index in [9.17, 15) is 4.79 Å². The number of rotatable bonds is 2. The summed E-state index contributed by atoms with van der Waals surface area (Å²) in [5.41, 5.74) is 8.03. The normalized spacial score (nSPS) is 13.0. The topological polar surface area (TPSA) is 64.3 Å². The van der Waals surface area contributed by atoms with Crippen LogP contribution in [0, 0.1) is 0 Å². The van der Waals surface area contributed by atoms with Crippen molar-refractivity contribution in [3.05, 3.63) is 47.0 Å². The van der Waals surface area contributed by atoms with Crippen LogP contribution in [0.4, 0.5) is 11.4 Å². The molecule has 1 heterocycles. The molecule has 3 rings (SSSR count). The van der Waals surface area contributed by atoms with Gasteiger partial charge in [0.2, 0.25) is 5.91 Å². The Balaban J connectivity index is 1.97. The monoisotopic (exact) mass is 274 g/mol. The lowest BCUT2D eigenvalue weighted by atomic mass is 10.1. The summed E-state index contributed by atoms with van der Waals surface area (Å²) in [6.45, 7) is 0. The number of anilines is 2. The number of fused-ring (bicyclic) bond motifs is 1. The van der Waals surface area contributed by atoms with Crippen LogP contribution in [0.5, 0.6) is 11.5 Å². The van der Waals surface area contributed by atoms with Crippen LogP contribution in [0.15, 0.2) is 36.4 Å². The van der Waals surface area contributed by atoms with E-state index in [1.165, 1.54) is 0 Å². The van der Waals surface area contributed by atoms with E-state index in [2.05, 4.69) is 5.32 Å². The number of carbonyl (C=O) groups excluding carboxylic acids is 1. The average molecular weight is 275 g/mol. The Morgan fingerprint density at radius 2 is 2.00 bits per heavy atom. The number of amides is 1. The number of nitrogen functional groups attached to an aromatic ring is 1. The van der Waals surface area contributed by atoms with Crippen molar-refractivity contribution < 1.29 is 9.53 Å². The van der Waals surface area contributed by atoms with E-state index in [1.807, 2.05) is 12.1 Å². The SMILES string of the molecule is Nc1cc2c(cc1Oc1ccccc1Cl)NC(=O)C2. The first-order chi connectivity index (χ1) is 9.13. The summed E-state index contributed by atoms with van der Waals surface area (Å²) >= 11 is 6.03. The molecule has 1 amide bonds. The number of ether oxygens (including phenoxy) is 1. The van der Waals surface area contributed by atoms with Crippen molar-refractivity contribution in [2.24, 2.45) is 0 Å². The molecule has 0 saturated carbocycles. The zero-order chi connectivity index (χ0) is 13.4. The van der Waals surface area contributed by atoms with E-state index in [-0.39, 0.29) is 5.91 Å². The Labute approximate surface area is 115 Å². The number of nitrogens with one attached hydrogen (secondary N) is 1. The number of nitrogens with two attached hydrogens (primary N) is 1. The van der Waals surface area contributed by atoms with Crippen molar-refractivity contribution in [2.45, 2.75) is 6.42 Å². The minimum Gasteiger partial charge on any atom is -0.454 e. The minimum absolute atomic E-state index is 0.0377. The Morgan fingerprint density at radius 3 is 2.79 bits per heavy atom. The van der Waals surface area contributed by atoms with Gasteiger partial charge < -0.3 is 15.8 Å². The van der Waals surface area contributed by atoms with Gasteiger partial charge in [0.1, 0.15) is 5.75 Å². The van der Waals surface area contributed by atoms with Crippen molar-refractivity contribution >= 4 is 28.9 Å². The average Bonchev–Trinajstić information content (AvgIpc) is 2.71. The molecule has 4 nitrogen and oxygen atoms in total. The molecule has 0 radical (unpaired) electrons. The second-order valence-electron chi connectivity index (χ2n) is 4.30. The highest BCUT2D eigenvalue weighted by molar-refractivity contribution is 6.32. The first-order valence-corrected chi connectivity index (χ1v) is 6.16. The van der Waals surface area contributed by atoms with Gasteiger partial charge in [-0.15, -0.1) is 0 Å². The van der Waals surface area contributed by atoms with Crippen molar-refractivity contribution in [2.75, 3.05) is 11.1 Å². The van der Waals surface area contributed by atoms with Gasteiger partial charge in [0.25, 0.3) is 0 Å². The molecule has 0 atom stereocenters. The van der Waals surface area contributed by atoms with Gasteiger partial charge in [0.15, 0.2) is 5.75 Å². The lowest BCUT2D eigenvalue weighted by Gasteiger charge is -2.11. The summed E-state index contributed by atoms with van der Waals surface area (Å²) in [5, 5.41) is 3.26. The van der Waals surface area contributed by atoms with E-state index in [0.717, 1.165) is 11.3 Å². The highest BCUT2D eigenvalue weighted by atomic mass is 35.5. The van der Waals surface area contributed by atoms with E-state index in [1.54, 1.807) is 24.3 Å². The molecular formula is C14H11ClN2O2. The zero-order valence-electron chi connectivity index (χ0n) is 9.94. The first kappa shape index (κ1) is 11.9. The molecule has 2 aromatic carbocycles. The lowest BCUT2D eigenvalue weighted by molar-refractivity contribution is -0.115. The third-order valence-electron chi connectivity index (χ3n) is 2.92. The molecule has 1 aliphatic heterocycles. The van der Waals surface area contributed by atoms with Crippen LogP contribution in [-0.4, -0.2) is 5.91 Å². The van der Waals surface area contributed by atoms with Gasteiger partial charge in [-0.1, -0.05) is 23.7 Å². The summed E-state index contributed by atoms with van der Waals surface area (Å²) in [6.07, 6.45) is 0.353. The number of benzene rings is 2. The molecular weight excluding hydrogens is 264 g/mol. The van der Waals surface area contributed by atoms with Gasteiger partial charge in [-0.25, -0.2) is 0 Å². The zero-order valence-corrected chi connectivity index (χ0v) is 10.7. The third kappa shape index (κ3) is 2.22. The van der Waals surface area contributed by atoms with Gasteiger partial charge in [0, 0.05) is 11.8 Å². The molecule has 3 N–H and O–H groups in total. The second-order valence-corrected chi connectivity index (χ2v) is 4.71. The van der Waals surface area contributed by atoms with E-state index in [4.69, 9.17) is 22.1 Å². The summed E-state index contributed by atoms with van der Waals surface area (Å²) in [5.74, 6) is 0.971. The second kappa shape index (κ2) is 4.48. The fourth-order valence-corrected chi connectivity index (χ4v) is 2.18. The Bertz CT molecular complexity index is 670. The third-order valence-corrected chi connectivity index (χ3v) is 3.23. The van der Waals surface area contributed by atoms with Crippen LogP contribution < -0.4 is 15.8 Å². The number of carbonyl (C=O) groups is 1. The number of halogens is 1. The molecule has 5 heteroatoms. The number of hydrogen-bond donors (Lipinski definition) is 2. The summed E-state index contributed by atoms with van der Waals surface area (Å²) < 4.78 is 5.69. The summed E-state index contributed by atoms with van der Waals surface area (Å²) in [6, 6.07) is 10.6. The van der Waals surface area contributed by atoms with Gasteiger partial charge in [-0.3, -0.25) is 4.79 Å². The van der Waals surface area contributed by atoms with Gasteiger partial charge in [-0.2, -0.15) is 0 Å². The van der Waals surface area contributed by atoms with Crippen molar-refractivity contribution in [3.8, 4) is 11.5 Å². The predicted octanol–water partition coefficient (Wildman–Crippen LogP) is 3.21. The molecule has 0 fully saturated rings. The molecule has 96 valence electrons. The molecule has 19 heavy (non-hydrogen) atoms.